The van der Waals surface area contributed by atoms with Crippen LogP contribution < -0.4 is 5.69 Å². The number of aromatic nitrogens is 3. The largest absolute Gasteiger partial charge is 0.501 e. The molecular formula is C24H20F3N3O4S. The van der Waals surface area contributed by atoms with Gasteiger partial charge in [0.15, 0.2) is 0 Å². The van der Waals surface area contributed by atoms with Gasteiger partial charge in [0.05, 0.1) is 22.8 Å². The molecule has 2 heterocycles. The highest BCUT2D eigenvalue weighted by Gasteiger charge is 2.46. The molecule has 182 valence electrons. The van der Waals surface area contributed by atoms with Crippen LogP contribution in [0.2, 0.25) is 0 Å². The van der Waals surface area contributed by atoms with Gasteiger partial charge in [-0.3, -0.25) is 9.55 Å². The van der Waals surface area contributed by atoms with Crippen molar-refractivity contribution in [1.82, 2.24) is 14.1 Å². The van der Waals surface area contributed by atoms with Crippen LogP contribution in [-0.4, -0.2) is 33.2 Å². The molecule has 7 nitrogen and oxygen atoms in total. The summed E-state index contributed by atoms with van der Waals surface area (Å²) in [6, 6.07) is 15.0. The molecule has 1 N–H and O–H groups in total. The lowest BCUT2D eigenvalue weighted by molar-refractivity contribution is -0.0436. The van der Waals surface area contributed by atoms with Crippen LogP contribution in [-0.2, 0) is 22.8 Å². The van der Waals surface area contributed by atoms with Crippen molar-refractivity contribution in [2.75, 3.05) is 0 Å². The fourth-order valence-electron chi connectivity index (χ4n) is 3.72. The van der Waals surface area contributed by atoms with Crippen molar-refractivity contribution < 1.29 is 26.7 Å². The number of pyridine rings is 1. The summed E-state index contributed by atoms with van der Waals surface area (Å²) in [6.45, 7) is 1.66. The van der Waals surface area contributed by atoms with Gasteiger partial charge in [0.1, 0.15) is 0 Å². The van der Waals surface area contributed by atoms with Crippen LogP contribution in [0.3, 0.4) is 0 Å². The summed E-state index contributed by atoms with van der Waals surface area (Å²) in [7, 11) is -5.53. The van der Waals surface area contributed by atoms with Crippen LogP contribution >= 0.6 is 0 Å². The van der Waals surface area contributed by atoms with E-state index < -0.39 is 31.8 Å². The van der Waals surface area contributed by atoms with E-state index in [0.717, 1.165) is 45.5 Å². The molecule has 0 aliphatic rings. The number of nitrogens with zero attached hydrogens (tertiary/aromatic N) is 3. The molecule has 11 heteroatoms. The van der Waals surface area contributed by atoms with E-state index in [1.165, 1.54) is 11.5 Å². The molecule has 2 aromatic heterocycles. The number of benzene rings is 2. The summed E-state index contributed by atoms with van der Waals surface area (Å²) < 4.78 is 63.9. The Bertz CT molecular complexity index is 1530. The summed E-state index contributed by atoms with van der Waals surface area (Å²) in [5, 5.41) is 10.6. The molecule has 0 radical (unpaired) electrons. The maximum atomic E-state index is 13.2. The van der Waals surface area contributed by atoms with Crippen LogP contribution in [0.1, 0.15) is 22.4 Å². The van der Waals surface area contributed by atoms with Crippen LogP contribution in [0.4, 0.5) is 13.2 Å². The maximum absolute atomic E-state index is 13.2. The molecule has 0 saturated heterocycles. The molecule has 35 heavy (non-hydrogen) atoms. The summed E-state index contributed by atoms with van der Waals surface area (Å²) in [6.07, 6.45) is 3.89. The Kier molecular flexibility index (Phi) is 6.28. The van der Waals surface area contributed by atoms with Gasteiger partial charge in [-0.05, 0) is 60.4 Å². The maximum Gasteiger partial charge on any atom is 0.501 e. The Labute approximate surface area is 198 Å². The van der Waals surface area contributed by atoms with Gasteiger partial charge >= 0.3 is 11.2 Å². The standard InChI is InChI=1S/C24H20F3N3O4S/c1-16-22(31)30(20-7-9-21(10-8-20)35(33,34)24(25,26)27)23(32)29(16)15-18-11-12-28-14-19(18)13-17-5-3-2-4-6-17/h2-12,14,31H,13,15H2,1H3. The Morgan fingerprint density at radius 3 is 2.26 bits per heavy atom. The van der Waals surface area contributed by atoms with Crippen molar-refractivity contribution >= 4 is 9.84 Å². The topological polar surface area (TPSA) is 94.2 Å². The van der Waals surface area contributed by atoms with Gasteiger partial charge in [-0.25, -0.2) is 17.8 Å². The highest BCUT2D eigenvalue weighted by molar-refractivity contribution is 7.92. The molecule has 0 saturated carbocycles. The number of aromatic hydroxyl groups is 1. The van der Waals surface area contributed by atoms with E-state index in [2.05, 4.69) is 4.98 Å². The van der Waals surface area contributed by atoms with Crippen LogP contribution in [0.25, 0.3) is 5.69 Å². The predicted octanol–water partition coefficient (Wildman–Crippen LogP) is 3.98. The molecule has 0 atom stereocenters. The van der Waals surface area contributed by atoms with Gasteiger partial charge in [-0.15, -0.1) is 0 Å². The molecular weight excluding hydrogens is 483 g/mol. The number of rotatable bonds is 6. The summed E-state index contributed by atoms with van der Waals surface area (Å²) in [4.78, 5) is 16.4. The lowest BCUT2D eigenvalue weighted by Crippen LogP contribution is -2.25. The summed E-state index contributed by atoms with van der Waals surface area (Å²) in [5.74, 6) is -0.403. The quantitative estimate of drug-likeness (QED) is 0.430. The van der Waals surface area contributed by atoms with E-state index >= 15 is 0 Å². The molecule has 0 aliphatic heterocycles. The van der Waals surface area contributed by atoms with E-state index in [0.29, 0.717) is 6.42 Å². The minimum atomic E-state index is -5.53. The smallest absolute Gasteiger partial charge is 0.493 e. The zero-order valence-electron chi connectivity index (χ0n) is 18.4. The lowest BCUT2D eigenvalue weighted by Gasteiger charge is -2.10. The van der Waals surface area contributed by atoms with Gasteiger partial charge < -0.3 is 5.11 Å². The molecule has 0 aliphatic carbocycles. The molecule has 4 aromatic rings. The van der Waals surface area contributed by atoms with Gasteiger partial charge in [0.2, 0.25) is 5.88 Å². The number of alkyl halides is 3. The molecule has 0 fully saturated rings. The first-order chi connectivity index (χ1) is 16.5. The first kappa shape index (κ1) is 24.3. The van der Waals surface area contributed by atoms with Crippen molar-refractivity contribution in [1.29, 1.82) is 0 Å². The van der Waals surface area contributed by atoms with E-state index in [9.17, 15) is 31.5 Å². The van der Waals surface area contributed by atoms with Gasteiger partial charge in [0.25, 0.3) is 9.84 Å². The van der Waals surface area contributed by atoms with E-state index in [1.54, 1.807) is 18.5 Å². The van der Waals surface area contributed by atoms with Gasteiger partial charge in [0, 0.05) is 12.4 Å². The van der Waals surface area contributed by atoms with Gasteiger partial charge in [-0.1, -0.05) is 30.3 Å². The first-order valence-electron chi connectivity index (χ1n) is 10.4. The van der Waals surface area contributed by atoms with Crippen LogP contribution in [0.5, 0.6) is 5.88 Å². The number of imidazole rings is 1. The Hall–Kier alpha value is -3.86. The van der Waals surface area contributed by atoms with Crippen LogP contribution in [0, 0.1) is 6.92 Å². The van der Waals surface area contributed by atoms with Crippen LogP contribution in [0.15, 0.2) is 82.7 Å². The Morgan fingerprint density at radius 1 is 0.971 bits per heavy atom. The monoisotopic (exact) mass is 503 g/mol. The third kappa shape index (κ3) is 4.59. The number of sulfone groups is 1. The summed E-state index contributed by atoms with van der Waals surface area (Å²) >= 11 is 0. The van der Waals surface area contributed by atoms with Gasteiger partial charge in [-0.2, -0.15) is 13.2 Å². The third-order valence-corrected chi connectivity index (χ3v) is 7.15. The Morgan fingerprint density at radius 2 is 1.63 bits per heavy atom. The second-order valence-electron chi connectivity index (χ2n) is 7.86. The average molecular weight is 504 g/mol. The SMILES string of the molecule is Cc1c(O)n(-c2ccc(S(=O)(=O)C(F)(F)F)cc2)c(=O)n1Cc1ccncc1Cc1ccccc1. The minimum absolute atomic E-state index is 0.0229. The average Bonchev–Trinajstić information content (AvgIpc) is 3.03. The van der Waals surface area contributed by atoms with Crippen molar-refractivity contribution in [3.05, 3.63) is 106 Å². The van der Waals surface area contributed by atoms with E-state index in [-0.39, 0.29) is 17.9 Å². The number of halogens is 3. The second-order valence-corrected chi connectivity index (χ2v) is 9.80. The fourth-order valence-corrected chi connectivity index (χ4v) is 4.48. The predicted molar refractivity (Wildman–Crippen MR) is 122 cm³/mol. The van der Waals surface area contributed by atoms with Crippen molar-refractivity contribution in [3.8, 4) is 11.6 Å². The fraction of sp³-hybridized carbons (Fsp3) is 0.167. The zero-order chi connectivity index (χ0) is 25.4. The molecule has 2 aromatic carbocycles. The summed E-state index contributed by atoms with van der Waals surface area (Å²) in [5.41, 5.74) is -3.07. The van der Waals surface area contributed by atoms with Crippen molar-refractivity contribution in [2.24, 2.45) is 0 Å². The third-order valence-electron chi connectivity index (χ3n) is 5.64. The minimum Gasteiger partial charge on any atom is -0.493 e. The second kappa shape index (κ2) is 9.06. The van der Waals surface area contributed by atoms with E-state index in [1.807, 2.05) is 30.3 Å². The Balaban J connectivity index is 1.70. The lowest BCUT2D eigenvalue weighted by atomic mass is 10.0. The highest BCUT2D eigenvalue weighted by Crippen LogP contribution is 2.31. The first-order valence-corrected chi connectivity index (χ1v) is 11.9. The van der Waals surface area contributed by atoms with Crippen molar-refractivity contribution in [2.45, 2.75) is 30.3 Å². The molecule has 4 rings (SSSR count). The molecule has 0 unspecified atom stereocenters. The molecule has 0 amide bonds. The number of hydrogen-bond acceptors (Lipinski definition) is 5. The molecule has 0 spiro atoms. The molecule has 0 bridgehead atoms. The normalized spacial score (nSPS) is 12.1. The van der Waals surface area contributed by atoms with Crippen molar-refractivity contribution in [3.63, 3.8) is 0 Å². The van der Waals surface area contributed by atoms with E-state index in [4.69, 9.17) is 0 Å². The number of hydrogen-bond donors (Lipinski definition) is 1. The zero-order valence-corrected chi connectivity index (χ0v) is 19.2. The highest BCUT2D eigenvalue weighted by atomic mass is 32.2.